The summed E-state index contributed by atoms with van der Waals surface area (Å²) in [6.45, 7) is 3.82. The lowest BCUT2D eigenvalue weighted by Crippen LogP contribution is -2.16. The van der Waals surface area contributed by atoms with Crippen molar-refractivity contribution in [3.63, 3.8) is 0 Å². The van der Waals surface area contributed by atoms with Crippen LogP contribution in [0.5, 0.6) is 0 Å². The molecule has 0 aromatic carbocycles. The van der Waals surface area contributed by atoms with Gasteiger partial charge in [0.2, 0.25) is 5.90 Å². The lowest BCUT2D eigenvalue weighted by Gasteiger charge is -2.05. The van der Waals surface area contributed by atoms with Crippen LogP contribution in [0.4, 0.5) is 0 Å². The molecular formula is C8H15NO4. The second kappa shape index (κ2) is 7.39. The van der Waals surface area contributed by atoms with Crippen LogP contribution in [-0.4, -0.2) is 32.2 Å². The Kier molecular flexibility index (Phi) is 6.68. The molecule has 0 aliphatic heterocycles. The zero-order valence-corrected chi connectivity index (χ0v) is 8.20. The van der Waals surface area contributed by atoms with E-state index in [0.29, 0.717) is 18.9 Å². The third-order valence-electron chi connectivity index (χ3n) is 1.16. The van der Waals surface area contributed by atoms with Crippen LogP contribution in [0.15, 0.2) is 5.16 Å². The van der Waals surface area contributed by atoms with Gasteiger partial charge in [-0.05, 0) is 6.92 Å². The first kappa shape index (κ1) is 11.7. The van der Waals surface area contributed by atoms with Gasteiger partial charge in [0.1, 0.15) is 7.11 Å². The molecule has 0 fully saturated rings. The number of oxime groups is 1. The van der Waals surface area contributed by atoms with Gasteiger partial charge in [0.15, 0.2) is 6.61 Å². The Bertz CT molecular complexity index is 179. The number of rotatable bonds is 5. The summed E-state index contributed by atoms with van der Waals surface area (Å²) in [5.41, 5.74) is 0. The molecule has 76 valence electrons. The Morgan fingerprint density at radius 1 is 1.31 bits per heavy atom. The Hall–Kier alpha value is -1.26. The van der Waals surface area contributed by atoms with Crippen LogP contribution in [0, 0.1) is 0 Å². The summed E-state index contributed by atoms with van der Waals surface area (Å²) in [6, 6.07) is 0. The van der Waals surface area contributed by atoms with Gasteiger partial charge in [-0.1, -0.05) is 12.1 Å². The van der Waals surface area contributed by atoms with Crippen LogP contribution < -0.4 is 0 Å². The van der Waals surface area contributed by atoms with Gasteiger partial charge in [0.25, 0.3) is 0 Å². The number of hydrogen-bond donors (Lipinski definition) is 0. The number of esters is 1. The second-order valence-electron chi connectivity index (χ2n) is 2.11. The summed E-state index contributed by atoms with van der Waals surface area (Å²) in [6.07, 6.45) is 0.577. The largest absolute Gasteiger partial charge is 0.467 e. The first-order chi connectivity index (χ1) is 6.24. The predicted molar refractivity (Wildman–Crippen MR) is 47.3 cm³/mol. The predicted octanol–water partition coefficient (Wildman–Crippen LogP) is 0.936. The van der Waals surface area contributed by atoms with Gasteiger partial charge in [0, 0.05) is 6.42 Å². The Labute approximate surface area is 77.6 Å². The number of nitrogens with zero attached hydrogens (tertiary/aromatic N) is 1. The number of carbonyl (C=O) groups excluding carboxylic acids is 1. The molecule has 5 heteroatoms. The van der Waals surface area contributed by atoms with Gasteiger partial charge < -0.3 is 14.3 Å². The van der Waals surface area contributed by atoms with Crippen LogP contribution in [-0.2, 0) is 19.1 Å². The molecule has 0 aliphatic carbocycles. The zero-order chi connectivity index (χ0) is 10.1. The molecule has 0 unspecified atom stereocenters. The van der Waals surface area contributed by atoms with E-state index < -0.39 is 5.97 Å². The molecule has 0 aromatic rings. The molecule has 0 atom stereocenters. The fraction of sp³-hybridized carbons (Fsp3) is 0.750. The van der Waals surface area contributed by atoms with Crippen molar-refractivity contribution in [3.8, 4) is 0 Å². The SMILES string of the molecule is CCOC(=O)COC(CC)=NOC. The monoisotopic (exact) mass is 189 g/mol. The molecule has 0 aromatic heterocycles. The summed E-state index contributed by atoms with van der Waals surface area (Å²) in [4.78, 5) is 15.3. The fourth-order valence-electron chi connectivity index (χ4n) is 0.640. The van der Waals surface area contributed by atoms with Crippen molar-refractivity contribution in [2.24, 2.45) is 5.16 Å². The molecule has 0 saturated carbocycles. The van der Waals surface area contributed by atoms with Crippen LogP contribution in [0.3, 0.4) is 0 Å². The smallest absolute Gasteiger partial charge is 0.344 e. The zero-order valence-electron chi connectivity index (χ0n) is 8.20. The molecule has 0 rings (SSSR count). The number of ether oxygens (including phenoxy) is 2. The van der Waals surface area contributed by atoms with Gasteiger partial charge in [-0.15, -0.1) is 0 Å². The third kappa shape index (κ3) is 5.95. The van der Waals surface area contributed by atoms with Crippen molar-refractivity contribution < 1.29 is 19.1 Å². The van der Waals surface area contributed by atoms with E-state index in [9.17, 15) is 4.79 Å². The highest BCUT2D eigenvalue weighted by Gasteiger charge is 2.04. The van der Waals surface area contributed by atoms with E-state index in [0.717, 1.165) is 0 Å². The third-order valence-corrected chi connectivity index (χ3v) is 1.16. The minimum atomic E-state index is -0.403. The first-order valence-corrected chi connectivity index (χ1v) is 4.13. The molecule has 0 saturated heterocycles. The van der Waals surface area contributed by atoms with Crippen molar-refractivity contribution in [3.05, 3.63) is 0 Å². The van der Waals surface area contributed by atoms with E-state index in [-0.39, 0.29) is 6.61 Å². The quantitative estimate of drug-likeness (QED) is 0.279. The normalized spacial score (nSPS) is 10.8. The van der Waals surface area contributed by atoms with Crippen molar-refractivity contribution in [1.82, 2.24) is 0 Å². The first-order valence-electron chi connectivity index (χ1n) is 4.13. The van der Waals surface area contributed by atoms with Gasteiger partial charge in [-0.3, -0.25) is 0 Å². The molecule has 5 nitrogen and oxygen atoms in total. The summed E-state index contributed by atoms with van der Waals surface area (Å²) in [7, 11) is 1.42. The molecule has 0 N–H and O–H groups in total. The average Bonchev–Trinajstić information content (AvgIpc) is 2.12. The molecule has 0 heterocycles. The van der Waals surface area contributed by atoms with E-state index in [4.69, 9.17) is 4.74 Å². The highest BCUT2D eigenvalue weighted by atomic mass is 16.6. The van der Waals surface area contributed by atoms with Gasteiger partial charge in [-0.2, -0.15) is 0 Å². The molecular weight excluding hydrogens is 174 g/mol. The second-order valence-corrected chi connectivity index (χ2v) is 2.11. The minimum absolute atomic E-state index is 0.121. The molecule has 0 bridgehead atoms. The summed E-state index contributed by atoms with van der Waals surface area (Å²) in [5, 5.41) is 3.56. The van der Waals surface area contributed by atoms with E-state index in [2.05, 4.69) is 14.7 Å². The highest BCUT2D eigenvalue weighted by Crippen LogP contribution is 1.91. The maximum absolute atomic E-state index is 10.8. The summed E-state index contributed by atoms with van der Waals surface area (Å²) < 4.78 is 9.65. The molecule has 0 amide bonds. The van der Waals surface area contributed by atoms with Crippen molar-refractivity contribution in [1.29, 1.82) is 0 Å². The van der Waals surface area contributed by atoms with Crippen molar-refractivity contribution in [2.45, 2.75) is 20.3 Å². The topological polar surface area (TPSA) is 57.1 Å². The van der Waals surface area contributed by atoms with E-state index in [1.165, 1.54) is 7.11 Å². The summed E-state index contributed by atoms with van der Waals surface area (Å²) in [5.74, 6) is -0.0182. The fourth-order valence-corrected chi connectivity index (χ4v) is 0.640. The van der Waals surface area contributed by atoms with Crippen LogP contribution in [0.1, 0.15) is 20.3 Å². The Balaban J connectivity index is 3.72. The highest BCUT2D eigenvalue weighted by molar-refractivity contribution is 5.79. The van der Waals surface area contributed by atoms with E-state index in [1.54, 1.807) is 6.92 Å². The van der Waals surface area contributed by atoms with Gasteiger partial charge >= 0.3 is 5.97 Å². The standard InChI is InChI=1S/C8H15NO4/c1-4-7(9-11-3)13-6-8(10)12-5-2/h4-6H2,1-3H3. The van der Waals surface area contributed by atoms with Crippen molar-refractivity contribution >= 4 is 11.9 Å². The molecule has 13 heavy (non-hydrogen) atoms. The Morgan fingerprint density at radius 2 is 2.00 bits per heavy atom. The summed E-state index contributed by atoms with van der Waals surface area (Å²) >= 11 is 0. The maximum Gasteiger partial charge on any atom is 0.344 e. The molecule has 0 spiro atoms. The van der Waals surface area contributed by atoms with Crippen LogP contribution >= 0.6 is 0 Å². The van der Waals surface area contributed by atoms with E-state index in [1.807, 2.05) is 6.92 Å². The molecule has 0 radical (unpaired) electrons. The maximum atomic E-state index is 10.8. The van der Waals surface area contributed by atoms with Crippen molar-refractivity contribution in [2.75, 3.05) is 20.3 Å². The van der Waals surface area contributed by atoms with E-state index >= 15 is 0 Å². The van der Waals surface area contributed by atoms with Gasteiger partial charge in [-0.25, -0.2) is 4.79 Å². The lowest BCUT2D eigenvalue weighted by atomic mass is 10.5. The number of hydrogen-bond acceptors (Lipinski definition) is 5. The van der Waals surface area contributed by atoms with Gasteiger partial charge in [0.05, 0.1) is 6.61 Å². The lowest BCUT2D eigenvalue weighted by molar-refractivity contribution is -0.145. The average molecular weight is 189 g/mol. The Morgan fingerprint density at radius 3 is 2.46 bits per heavy atom. The minimum Gasteiger partial charge on any atom is -0.467 e. The molecule has 0 aliphatic rings. The van der Waals surface area contributed by atoms with Crippen LogP contribution in [0.2, 0.25) is 0 Å². The van der Waals surface area contributed by atoms with Crippen LogP contribution in [0.25, 0.3) is 0 Å². The number of carbonyl (C=O) groups is 1.